The Hall–Kier alpha value is -8.36. The molecule has 0 fully saturated rings. The summed E-state index contributed by atoms with van der Waals surface area (Å²) in [7, 11) is 0. The number of thiophene rings is 1. The molecule has 1 aromatic heterocycles. The van der Waals surface area contributed by atoms with Gasteiger partial charge in [-0.05, 0) is 140 Å². The van der Waals surface area contributed by atoms with Gasteiger partial charge in [-0.2, -0.15) is 0 Å². The van der Waals surface area contributed by atoms with Crippen LogP contribution in [0, 0.1) is 0 Å². The molecule has 0 amide bonds. The summed E-state index contributed by atoms with van der Waals surface area (Å²) < 4.78 is 2.62. The van der Waals surface area contributed by atoms with Crippen LogP contribution in [0.15, 0.2) is 243 Å². The summed E-state index contributed by atoms with van der Waals surface area (Å²) >= 11 is 1.91. The first kappa shape index (κ1) is 38.0. The molecule has 310 valence electrons. The van der Waals surface area contributed by atoms with Gasteiger partial charge in [0.25, 0.3) is 0 Å². The van der Waals surface area contributed by atoms with E-state index < -0.39 is 0 Å². The minimum atomic E-state index is 1.20. The summed E-state index contributed by atoms with van der Waals surface area (Å²) in [6.07, 6.45) is 0. The molecule has 1 aliphatic rings. The summed E-state index contributed by atoms with van der Waals surface area (Å²) in [6, 6.07) is 90.3. The fourth-order valence-electron chi connectivity index (χ4n) is 11.4. The van der Waals surface area contributed by atoms with E-state index in [0.717, 1.165) is 0 Å². The fraction of sp³-hybridized carbons (Fsp3) is 0. The Morgan fingerprint density at radius 3 is 1.30 bits per heavy atom. The fourth-order valence-corrected chi connectivity index (χ4v) is 12.6. The molecule has 0 unspecified atom stereocenters. The second-order valence-corrected chi connectivity index (χ2v) is 18.8. The monoisotopic (exact) mass is 864 g/mol. The molecule has 12 aromatic carbocycles. The molecule has 0 N–H and O–H groups in total. The minimum absolute atomic E-state index is 1.20. The quantitative estimate of drug-likeness (QED) is 0.146. The van der Waals surface area contributed by atoms with Gasteiger partial charge in [0.1, 0.15) is 0 Å². The lowest BCUT2D eigenvalue weighted by atomic mass is 9.76. The zero-order valence-corrected chi connectivity index (χ0v) is 37.3. The first-order valence-electron chi connectivity index (χ1n) is 23.2. The van der Waals surface area contributed by atoms with Crippen LogP contribution in [-0.2, 0) is 0 Å². The molecular formula is C66H40S. The Bertz CT molecular complexity index is 3990. The third-order valence-electron chi connectivity index (χ3n) is 14.2. The predicted molar refractivity (Wildman–Crippen MR) is 289 cm³/mol. The van der Waals surface area contributed by atoms with Gasteiger partial charge in [0.15, 0.2) is 0 Å². The summed E-state index contributed by atoms with van der Waals surface area (Å²) in [5, 5.41) is 10.3. The maximum atomic E-state index is 2.49. The van der Waals surface area contributed by atoms with Crippen LogP contribution in [0.3, 0.4) is 0 Å². The number of benzene rings is 12. The molecule has 0 saturated carbocycles. The Morgan fingerprint density at radius 2 is 0.687 bits per heavy atom. The Kier molecular flexibility index (Phi) is 8.56. The second-order valence-electron chi connectivity index (χ2n) is 17.8. The first-order chi connectivity index (χ1) is 33.3. The van der Waals surface area contributed by atoms with E-state index in [0.29, 0.717) is 0 Å². The highest BCUT2D eigenvalue weighted by molar-refractivity contribution is 7.26. The third kappa shape index (κ3) is 5.78. The van der Waals surface area contributed by atoms with E-state index >= 15 is 0 Å². The zero-order chi connectivity index (χ0) is 44.0. The molecule has 0 radical (unpaired) electrons. The molecule has 13 aromatic rings. The second kappa shape index (κ2) is 15.1. The van der Waals surface area contributed by atoms with Crippen LogP contribution in [0.1, 0.15) is 0 Å². The molecule has 0 nitrogen and oxygen atoms in total. The van der Waals surface area contributed by atoms with E-state index in [2.05, 4.69) is 243 Å². The average molecular weight is 865 g/mol. The minimum Gasteiger partial charge on any atom is -0.135 e. The van der Waals surface area contributed by atoms with Crippen molar-refractivity contribution in [2.75, 3.05) is 0 Å². The third-order valence-corrected chi connectivity index (χ3v) is 15.4. The lowest BCUT2D eigenvalue weighted by Crippen LogP contribution is -1.99. The maximum Gasteiger partial charge on any atom is 0.0434 e. The summed E-state index contributed by atoms with van der Waals surface area (Å²) in [5.41, 5.74) is 20.0. The molecule has 0 bridgehead atoms. The molecular weight excluding hydrogens is 825 g/mol. The van der Waals surface area contributed by atoms with Crippen molar-refractivity contribution in [3.8, 4) is 89.0 Å². The van der Waals surface area contributed by atoms with Crippen LogP contribution in [-0.4, -0.2) is 0 Å². The number of fused-ring (bicyclic) bond motifs is 9. The highest BCUT2D eigenvalue weighted by Crippen LogP contribution is 2.62. The van der Waals surface area contributed by atoms with E-state index in [-0.39, 0.29) is 0 Å². The lowest BCUT2D eigenvalue weighted by molar-refractivity contribution is 1.54. The standard InChI is InChI=1S/C66H40S/c1-5-20-41(21-6-1)59-60(42-22-7-2-8-23-42)62(44-26-11-4-12-27-44)65-54-37-36-50(52-33-19-34-53(63(52)54)64(65)61(59)43-24-9-3-10-25-43)56-39-46(40-57-51-32-17-18-35-58(51)67-66(56)57)55-38-45-28-13-14-29-47(45)48-30-15-16-31-49(48)55/h1-40H. The maximum absolute atomic E-state index is 2.49. The largest absolute Gasteiger partial charge is 0.135 e. The van der Waals surface area contributed by atoms with Crippen molar-refractivity contribution < 1.29 is 0 Å². The average Bonchev–Trinajstić information content (AvgIpc) is 3.95. The number of rotatable bonds is 6. The van der Waals surface area contributed by atoms with Crippen molar-refractivity contribution in [3.63, 3.8) is 0 Å². The molecule has 0 atom stereocenters. The van der Waals surface area contributed by atoms with Crippen LogP contribution in [0.5, 0.6) is 0 Å². The van der Waals surface area contributed by atoms with Crippen molar-refractivity contribution in [2.45, 2.75) is 0 Å². The molecule has 1 heteroatoms. The van der Waals surface area contributed by atoms with E-state index in [1.807, 2.05) is 11.3 Å². The van der Waals surface area contributed by atoms with Crippen LogP contribution in [0.2, 0.25) is 0 Å². The highest BCUT2D eigenvalue weighted by atomic mass is 32.1. The van der Waals surface area contributed by atoms with Crippen molar-refractivity contribution in [1.82, 2.24) is 0 Å². The molecule has 1 heterocycles. The van der Waals surface area contributed by atoms with Gasteiger partial charge in [-0.3, -0.25) is 0 Å². The number of hydrogen-bond acceptors (Lipinski definition) is 1. The van der Waals surface area contributed by atoms with Gasteiger partial charge in [-0.25, -0.2) is 0 Å². The summed E-state index contributed by atoms with van der Waals surface area (Å²) in [4.78, 5) is 0. The van der Waals surface area contributed by atoms with Crippen molar-refractivity contribution in [2.24, 2.45) is 0 Å². The highest BCUT2D eigenvalue weighted by Gasteiger charge is 2.34. The van der Waals surface area contributed by atoms with Gasteiger partial charge in [-0.15, -0.1) is 11.3 Å². The molecule has 67 heavy (non-hydrogen) atoms. The Morgan fingerprint density at radius 1 is 0.224 bits per heavy atom. The van der Waals surface area contributed by atoms with E-state index in [1.54, 1.807) is 0 Å². The predicted octanol–water partition coefficient (Wildman–Crippen LogP) is 19.2. The van der Waals surface area contributed by atoms with Gasteiger partial charge in [0.05, 0.1) is 0 Å². The van der Waals surface area contributed by atoms with Gasteiger partial charge in [0.2, 0.25) is 0 Å². The van der Waals surface area contributed by atoms with E-state index in [4.69, 9.17) is 0 Å². The van der Waals surface area contributed by atoms with E-state index in [1.165, 1.54) is 142 Å². The number of hydrogen-bond donors (Lipinski definition) is 0. The van der Waals surface area contributed by atoms with Crippen LogP contribution >= 0.6 is 11.3 Å². The summed E-state index contributed by atoms with van der Waals surface area (Å²) in [5.74, 6) is 0. The van der Waals surface area contributed by atoms with Crippen molar-refractivity contribution in [3.05, 3.63) is 243 Å². The molecule has 14 rings (SSSR count). The topological polar surface area (TPSA) is 0 Å². The van der Waals surface area contributed by atoms with Crippen molar-refractivity contribution >= 4 is 63.8 Å². The molecule has 0 spiro atoms. The van der Waals surface area contributed by atoms with E-state index in [9.17, 15) is 0 Å². The molecule has 0 aliphatic heterocycles. The first-order valence-corrected chi connectivity index (χ1v) is 24.0. The van der Waals surface area contributed by atoms with Gasteiger partial charge < -0.3 is 0 Å². The SMILES string of the molecule is c1ccc(-c2c(-c3ccccc3)c(-c3ccccc3)c3c(c2-c2ccccc2)-c2cccc4c(-c5cc(-c6cc7ccccc7c7ccccc67)cc6c5sc5ccccc56)ccc-3c24)cc1. The zero-order valence-electron chi connectivity index (χ0n) is 36.5. The van der Waals surface area contributed by atoms with Crippen molar-refractivity contribution in [1.29, 1.82) is 0 Å². The van der Waals surface area contributed by atoms with Gasteiger partial charge in [-0.1, -0.05) is 218 Å². The van der Waals surface area contributed by atoms with Gasteiger partial charge >= 0.3 is 0 Å². The van der Waals surface area contributed by atoms with Crippen LogP contribution in [0.4, 0.5) is 0 Å². The Labute approximate surface area is 393 Å². The van der Waals surface area contributed by atoms with Crippen LogP contribution < -0.4 is 0 Å². The molecule has 1 aliphatic carbocycles. The van der Waals surface area contributed by atoms with Crippen LogP contribution in [0.25, 0.3) is 142 Å². The summed E-state index contributed by atoms with van der Waals surface area (Å²) in [6.45, 7) is 0. The smallest absolute Gasteiger partial charge is 0.0434 e. The molecule has 0 saturated heterocycles. The normalized spacial score (nSPS) is 11.9. The van der Waals surface area contributed by atoms with Gasteiger partial charge in [0, 0.05) is 25.7 Å². The lowest BCUT2D eigenvalue weighted by Gasteiger charge is -2.26. The Balaban J connectivity index is 1.12.